The van der Waals surface area contributed by atoms with E-state index in [1.54, 1.807) is 35.0 Å². The van der Waals surface area contributed by atoms with Gasteiger partial charge in [-0.25, -0.2) is 19.2 Å². The van der Waals surface area contributed by atoms with Crippen LogP contribution in [0.5, 0.6) is 0 Å². The highest BCUT2D eigenvalue weighted by Gasteiger charge is 2.66. The van der Waals surface area contributed by atoms with Crippen LogP contribution in [0.1, 0.15) is 172 Å². The molecule has 18 heteroatoms. The molecule has 6 aliphatic carbocycles. The molecule has 0 aromatic rings. The minimum atomic E-state index is -0.651. The fourth-order valence-electron chi connectivity index (χ4n) is 12.8. The first-order valence-electron chi connectivity index (χ1n) is 28.7. The third-order valence-corrected chi connectivity index (χ3v) is 18.5. The van der Waals surface area contributed by atoms with Crippen LogP contribution in [0.2, 0.25) is 0 Å². The highest BCUT2D eigenvalue weighted by atomic mass is 16.6. The van der Waals surface area contributed by atoms with Crippen molar-refractivity contribution in [3.05, 3.63) is 24.3 Å². The lowest BCUT2D eigenvalue weighted by Crippen LogP contribution is -2.46. The molecule has 6 saturated carbocycles. The fourth-order valence-corrected chi connectivity index (χ4v) is 12.8. The van der Waals surface area contributed by atoms with E-state index in [2.05, 4.69) is 27.0 Å². The van der Waals surface area contributed by atoms with Gasteiger partial charge in [0.2, 0.25) is 0 Å². The number of cyclic esters (lactones) is 2. The lowest BCUT2D eigenvalue weighted by molar-refractivity contribution is -0.176. The quantitative estimate of drug-likeness (QED) is 0.0708. The molecule has 8 aliphatic rings. The number of fused-ring (bicyclic) bond motifs is 10. The highest BCUT2D eigenvalue weighted by molar-refractivity contribution is 5.89. The first kappa shape index (κ1) is 64.0. The number of carbonyl (C=O) groups is 8. The Morgan fingerprint density at radius 1 is 0.526 bits per heavy atom. The van der Waals surface area contributed by atoms with Crippen molar-refractivity contribution in [2.24, 2.45) is 58.2 Å². The minimum Gasteiger partial charge on any atom is -0.465 e. The van der Waals surface area contributed by atoms with Crippen LogP contribution in [-0.4, -0.2) is 124 Å². The molecule has 18 nitrogen and oxygen atoms in total. The number of hydrogen-bond acceptors (Lipinski definition) is 18. The van der Waals surface area contributed by atoms with E-state index in [4.69, 9.17) is 47.4 Å². The first-order chi connectivity index (χ1) is 36.8. The lowest BCUT2D eigenvalue weighted by atomic mass is 9.78. The van der Waals surface area contributed by atoms with Gasteiger partial charge in [0.1, 0.15) is 23.4 Å². The summed E-state index contributed by atoms with van der Waals surface area (Å²) in [7, 11) is 3.16. The van der Waals surface area contributed by atoms with Crippen molar-refractivity contribution >= 4 is 47.8 Å². The van der Waals surface area contributed by atoms with E-state index in [1.165, 1.54) is 45.4 Å². The van der Waals surface area contributed by atoms with E-state index in [1.807, 2.05) is 27.7 Å². The van der Waals surface area contributed by atoms with Crippen molar-refractivity contribution in [2.75, 3.05) is 40.6 Å². The zero-order valence-corrected chi connectivity index (χ0v) is 48.8. The molecule has 0 radical (unpaired) electrons. The van der Waals surface area contributed by atoms with Gasteiger partial charge in [0.05, 0.1) is 48.1 Å². The summed E-state index contributed by atoms with van der Waals surface area (Å²) in [5.74, 6) is -2.99. The van der Waals surface area contributed by atoms with Gasteiger partial charge in [0, 0.05) is 49.0 Å². The van der Waals surface area contributed by atoms with Gasteiger partial charge in [-0.2, -0.15) is 0 Å². The molecule has 0 aromatic heterocycles. The largest absolute Gasteiger partial charge is 0.465 e. The maximum Gasteiger partial charge on any atom is 0.344 e. The second kappa shape index (κ2) is 27.6. The van der Waals surface area contributed by atoms with Gasteiger partial charge in [0.25, 0.3) is 0 Å². The summed E-state index contributed by atoms with van der Waals surface area (Å²) in [5, 5.41) is 0. The van der Waals surface area contributed by atoms with E-state index in [9.17, 15) is 38.4 Å². The van der Waals surface area contributed by atoms with Crippen LogP contribution in [-0.2, 0) is 85.7 Å². The lowest BCUT2D eigenvalue weighted by Gasteiger charge is -2.38. The SMILES string of the molecule is C=C(C)C(=O)OC1(CC)CCCCC1.C=C(C)C(=O)OCC(=O)OC1C2CC(C3COC(=O)C32)C1OC.CCC(C)(C)C(=O)OCC(=O)OC1C2CC(C3COC(=O)C32)C1OC.CCC1(OC(=O)C(C)(C)CC)CCCCC1. The summed E-state index contributed by atoms with van der Waals surface area (Å²) in [5.41, 5.74) is -0.592. The molecule has 12 atom stereocenters. The van der Waals surface area contributed by atoms with Gasteiger partial charge in [0.15, 0.2) is 13.2 Å². The molecule has 8 rings (SSSR count). The molecular weight excluding hydrogens is 1010 g/mol. The molecule has 78 heavy (non-hydrogen) atoms. The number of carbonyl (C=O) groups excluding carboxylic acids is 8. The van der Waals surface area contributed by atoms with Crippen molar-refractivity contribution in [2.45, 2.75) is 208 Å². The van der Waals surface area contributed by atoms with Gasteiger partial charge in [-0.3, -0.25) is 19.2 Å². The molecule has 2 heterocycles. The van der Waals surface area contributed by atoms with Crippen LogP contribution in [0.15, 0.2) is 24.3 Å². The number of hydrogen-bond donors (Lipinski definition) is 0. The van der Waals surface area contributed by atoms with Crippen molar-refractivity contribution in [3.63, 3.8) is 0 Å². The Morgan fingerprint density at radius 2 is 0.910 bits per heavy atom. The van der Waals surface area contributed by atoms with Crippen LogP contribution in [0.4, 0.5) is 0 Å². The third kappa shape index (κ3) is 14.9. The molecule has 4 bridgehead atoms. The Labute approximate surface area is 462 Å². The Kier molecular flexibility index (Phi) is 22.6. The number of methoxy groups -OCH3 is 2. The van der Waals surface area contributed by atoms with Crippen molar-refractivity contribution in [1.29, 1.82) is 0 Å². The van der Waals surface area contributed by atoms with Crippen molar-refractivity contribution in [3.8, 4) is 0 Å². The highest BCUT2D eigenvalue weighted by Crippen LogP contribution is 2.58. The first-order valence-corrected chi connectivity index (χ1v) is 28.7. The van der Waals surface area contributed by atoms with E-state index in [0.29, 0.717) is 25.2 Å². The average Bonchev–Trinajstić information content (AvgIpc) is 4.39. The van der Waals surface area contributed by atoms with Gasteiger partial charge >= 0.3 is 47.8 Å². The summed E-state index contributed by atoms with van der Waals surface area (Å²) in [6.45, 7) is 25.8. The Bertz CT molecular complexity index is 2170. The standard InChI is InChI=1S/C18H26O7.C16H20O7.C14H26O2.C12H20O2/c1-5-18(2,3)17(21)24-8-12(19)25-15-10-6-9(14(15)22-4)11-7-23-16(20)13(10)11;1-7(2)15(18)22-6-11(17)23-14-9-4-8(13(14)20-3)10-5-21-16(19)12(9)10;1-5-13(3,4)12(15)16-14(6-2)10-8-7-9-11-14;1-4-12(8-6-5-7-9-12)14-11(13)10(2)3/h9-11,13-15H,5-8H2,1-4H3;8-10,12-14H,1,4-6H2,2-3H3;5-11H2,1-4H3;2,4-9H2,1,3H3. The predicted octanol–water partition coefficient (Wildman–Crippen LogP) is 9.10. The second-order valence-corrected chi connectivity index (χ2v) is 24.2. The monoisotopic (exact) mass is 1100 g/mol. The molecule has 2 saturated heterocycles. The summed E-state index contributed by atoms with van der Waals surface area (Å²) in [4.78, 5) is 94.8. The van der Waals surface area contributed by atoms with Gasteiger partial charge < -0.3 is 47.4 Å². The van der Waals surface area contributed by atoms with Crippen LogP contribution in [0.25, 0.3) is 0 Å². The van der Waals surface area contributed by atoms with Crippen LogP contribution in [0.3, 0.4) is 0 Å². The molecular formula is C60H92O18. The minimum absolute atomic E-state index is 0.0150. The molecule has 0 aromatic carbocycles. The van der Waals surface area contributed by atoms with E-state index >= 15 is 0 Å². The van der Waals surface area contributed by atoms with Crippen molar-refractivity contribution < 1.29 is 85.7 Å². The summed E-state index contributed by atoms with van der Waals surface area (Å²) in [6.07, 6.45) is 14.9. The van der Waals surface area contributed by atoms with Crippen LogP contribution in [0, 0.1) is 58.2 Å². The maximum atomic E-state index is 12.2. The Morgan fingerprint density at radius 3 is 1.28 bits per heavy atom. The molecule has 8 fully saturated rings. The summed E-state index contributed by atoms with van der Waals surface area (Å²) in [6, 6.07) is 0. The zero-order chi connectivity index (χ0) is 57.9. The van der Waals surface area contributed by atoms with Gasteiger partial charge in [-0.15, -0.1) is 0 Å². The molecule has 2 aliphatic heterocycles. The van der Waals surface area contributed by atoms with Crippen molar-refractivity contribution in [1.82, 2.24) is 0 Å². The fraction of sp³-hybridized carbons (Fsp3) is 0.800. The van der Waals surface area contributed by atoms with Gasteiger partial charge in [-0.1, -0.05) is 53.7 Å². The molecule has 0 N–H and O–H groups in total. The smallest absolute Gasteiger partial charge is 0.344 e. The van der Waals surface area contributed by atoms with E-state index in [0.717, 1.165) is 57.8 Å². The van der Waals surface area contributed by atoms with Gasteiger partial charge in [-0.05, 0) is 143 Å². The van der Waals surface area contributed by atoms with E-state index < -0.39 is 54.7 Å². The molecule has 0 amide bonds. The molecule has 12 unspecified atom stereocenters. The summed E-state index contributed by atoms with van der Waals surface area (Å²) < 4.78 is 53.6. The van der Waals surface area contributed by atoms with E-state index in [-0.39, 0.29) is 106 Å². The normalized spacial score (nSPS) is 30.4. The zero-order valence-electron chi connectivity index (χ0n) is 48.8. The topological polar surface area (TPSA) is 229 Å². The van der Waals surface area contributed by atoms with Crippen LogP contribution >= 0.6 is 0 Å². The number of rotatable bonds is 18. The maximum absolute atomic E-state index is 12.2. The predicted molar refractivity (Wildman–Crippen MR) is 285 cm³/mol. The molecule has 440 valence electrons. The Balaban J connectivity index is 0.000000197. The number of esters is 8. The number of ether oxygens (including phenoxy) is 10. The summed E-state index contributed by atoms with van der Waals surface area (Å²) >= 11 is 0. The second-order valence-electron chi connectivity index (χ2n) is 24.2. The van der Waals surface area contributed by atoms with Crippen LogP contribution < -0.4 is 0 Å². The third-order valence-electron chi connectivity index (χ3n) is 18.5. The molecule has 0 spiro atoms. The average molecular weight is 1100 g/mol. The Hall–Kier alpha value is -4.84.